The van der Waals surface area contributed by atoms with Gasteiger partial charge < -0.3 is 0 Å². The Bertz CT molecular complexity index is 8.00. The Morgan fingerprint density at radius 1 is 1.00 bits per heavy atom. The number of rotatable bonds is 0. The van der Waals surface area contributed by atoms with E-state index < -0.39 is 0 Å². The van der Waals surface area contributed by atoms with Crippen LogP contribution in [-0.4, -0.2) is 8.41 Å². The molecule has 0 N–H and O–H groups in total. The average Bonchev–Trinajstić information content (AvgIpc) is 0. The second kappa shape index (κ2) is 22.0. The van der Waals surface area contributed by atoms with Crippen molar-refractivity contribution in [3.63, 3.8) is 0 Å². The van der Waals surface area contributed by atoms with E-state index in [1.165, 1.54) is 0 Å². The van der Waals surface area contributed by atoms with E-state index in [0.717, 1.165) is 0 Å². The summed E-state index contributed by atoms with van der Waals surface area (Å²) in [5.74, 6) is 0. The van der Waals surface area contributed by atoms with Gasteiger partial charge in [-0.05, 0) is 0 Å². The van der Waals surface area contributed by atoms with Crippen molar-refractivity contribution in [2.24, 2.45) is 0 Å². The molecule has 0 atom stereocenters. The zero-order valence-corrected chi connectivity index (χ0v) is 4.87. The van der Waals surface area contributed by atoms with Crippen molar-refractivity contribution >= 4 is 8.41 Å². The molecular weight excluding hydrogens is 152 g/mol. The summed E-state index contributed by atoms with van der Waals surface area (Å²) < 4.78 is 0. The summed E-state index contributed by atoms with van der Waals surface area (Å²) in [6.45, 7) is 0. The molecule has 0 saturated heterocycles. The van der Waals surface area contributed by atoms with E-state index >= 15 is 0 Å². The zero-order valence-electron chi connectivity index (χ0n) is 1.32. The van der Waals surface area contributed by atoms with Crippen LogP contribution in [0.25, 0.3) is 0 Å². The molecule has 0 unspecified atom stereocenters. The van der Waals surface area contributed by atoms with Gasteiger partial charge in [0.25, 0.3) is 0 Å². The Labute approximate surface area is 65.3 Å². The molecule has 0 heterocycles. The first-order valence-electron chi connectivity index (χ1n) is 0. The van der Waals surface area contributed by atoms with Crippen LogP contribution in [0.1, 0.15) is 7.43 Å². The van der Waals surface area contributed by atoms with Gasteiger partial charge in [0.1, 0.15) is 0 Å². The van der Waals surface area contributed by atoms with Crippen LogP contribution in [0.3, 0.4) is 0 Å². The van der Waals surface area contributed by atoms with Crippen LogP contribution in [-0.2, 0) is 20.4 Å². The molecule has 0 aromatic rings. The van der Waals surface area contributed by atoms with E-state index in [1.807, 2.05) is 0 Å². The van der Waals surface area contributed by atoms with Crippen LogP contribution in [0.5, 0.6) is 0 Å². The first kappa shape index (κ1) is 42.9. The van der Waals surface area contributed by atoms with Crippen molar-refractivity contribution in [1.82, 2.24) is 0 Å². The third kappa shape index (κ3) is 9.29. The van der Waals surface area contributed by atoms with Crippen LogP contribution in [0, 0.1) is 0 Å². The van der Waals surface area contributed by atoms with Crippen molar-refractivity contribution in [3.05, 3.63) is 0 Å². The van der Waals surface area contributed by atoms with Gasteiger partial charge in [-0.25, -0.2) is 0 Å². The van der Waals surface area contributed by atoms with Crippen molar-refractivity contribution < 1.29 is 50.0 Å². The van der Waals surface area contributed by atoms with Crippen LogP contribution in [0.2, 0.25) is 0 Å². The average molecular weight is 160 g/mol. The minimum absolute atomic E-state index is 0. The Morgan fingerprint density at radius 2 is 1.00 bits per heavy atom. The molecule has 0 amide bonds. The predicted octanol–water partition coefficient (Wildman–Crippen LogP) is -3.81. The van der Waals surface area contributed by atoms with Gasteiger partial charge in [0.15, 0.2) is 0 Å². The number of hydrogen-bond donors (Lipinski definition) is 0. The van der Waals surface area contributed by atoms with E-state index in [9.17, 15) is 0 Å². The predicted molar refractivity (Wildman–Crippen MR) is 18.1 cm³/mol. The van der Waals surface area contributed by atoms with E-state index in [-0.39, 0.29) is 65.8 Å². The van der Waals surface area contributed by atoms with Crippen LogP contribution < -0.4 is 29.6 Å². The van der Waals surface area contributed by atoms with Crippen molar-refractivity contribution in [2.75, 3.05) is 0 Å². The molecule has 0 aromatic heterocycles. The molecule has 0 aliphatic rings. The van der Waals surface area contributed by atoms with E-state index in [4.69, 9.17) is 0 Å². The summed E-state index contributed by atoms with van der Waals surface area (Å²) in [6, 6.07) is 0. The summed E-state index contributed by atoms with van der Waals surface area (Å²) in [7, 11) is 0. The first-order valence-corrected chi connectivity index (χ1v) is 0. The second-order valence-electron chi connectivity index (χ2n) is 0. The molecule has 0 spiro atoms. The third-order valence-electron chi connectivity index (χ3n) is 0. The van der Waals surface area contributed by atoms with Crippen LogP contribution in [0.4, 0.5) is 0 Å². The monoisotopic (exact) mass is 160 g/mol. The van der Waals surface area contributed by atoms with Crippen molar-refractivity contribution in [1.29, 1.82) is 0 Å². The normalized spacial score (nSPS) is 0. The smallest absolute Gasteiger partial charge is 0.0776 e. The van der Waals surface area contributed by atoms with Crippen molar-refractivity contribution in [3.8, 4) is 0 Å². The molecule has 4 heavy (non-hydrogen) atoms. The van der Waals surface area contributed by atoms with Gasteiger partial charge in [0.2, 0.25) is 0 Å². The molecule has 0 nitrogen and oxygen atoms in total. The molecule has 0 rings (SSSR count). The maximum absolute atomic E-state index is 0. The molecule has 0 saturated carbocycles. The molecule has 0 aliphatic carbocycles. The van der Waals surface area contributed by atoms with Crippen LogP contribution in [0.15, 0.2) is 0 Å². The fraction of sp³-hybridized carbons (Fsp3) is 1.00. The standard InChI is InChI=1S/CH4.BH4.Na.Pd/h2*1H4;;/q;-1;+1;. The molecule has 0 aliphatic heterocycles. The van der Waals surface area contributed by atoms with Gasteiger partial charge in [-0.15, -0.1) is 0 Å². The van der Waals surface area contributed by atoms with Crippen LogP contribution >= 0.6 is 0 Å². The zero-order chi connectivity index (χ0) is 0. The molecule has 3 heteroatoms. The first-order chi connectivity index (χ1) is 0. The fourth-order valence-corrected chi connectivity index (χ4v) is 0. The van der Waals surface area contributed by atoms with Gasteiger partial charge in [0.05, 0.1) is 0 Å². The fourth-order valence-electron chi connectivity index (χ4n) is 0. The number of hydrogen-bond acceptors (Lipinski definition) is 0. The quantitative estimate of drug-likeness (QED) is 0.319. The van der Waals surface area contributed by atoms with Crippen molar-refractivity contribution in [2.45, 2.75) is 7.43 Å². The van der Waals surface area contributed by atoms with Gasteiger partial charge in [-0.2, -0.15) is 0 Å². The van der Waals surface area contributed by atoms with E-state index in [2.05, 4.69) is 0 Å². The summed E-state index contributed by atoms with van der Waals surface area (Å²) in [5, 5.41) is 0. The van der Waals surface area contributed by atoms with Gasteiger partial charge >= 0.3 is 29.6 Å². The van der Waals surface area contributed by atoms with Gasteiger partial charge in [-0.1, -0.05) is 15.8 Å². The second-order valence-corrected chi connectivity index (χ2v) is 0. The van der Waals surface area contributed by atoms with E-state index in [1.54, 1.807) is 0 Å². The maximum atomic E-state index is 0. The van der Waals surface area contributed by atoms with Gasteiger partial charge in [-0.3, -0.25) is 0 Å². The minimum Gasteiger partial charge on any atom is -0.0776 e. The topological polar surface area (TPSA) is 0 Å². The Hall–Kier alpha value is 1.73. The molecule has 0 radical (unpaired) electrons. The molecular formula is CH8BNaPd. The molecule has 0 aromatic carbocycles. The summed E-state index contributed by atoms with van der Waals surface area (Å²) in [5.41, 5.74) is 0. The van der Waals surface area contributed by atoms with E-state index in [0.29, 0.717) is 0 Å². The molecule has 0 bridgehead atoms. The summed E-state index contributed by atoms with van der Waals surface area (Å²) in [6.07, 6.45) is 0. The summed E-state index contributed by atoms with van der Waals surface area (Å²) >= 11 is 0. The minimum atomic E-state index is 0. The Balaban J connectivity index is 0. The molecule has 26 valence electrons. The summed E-state index contributed by atoms with van der Waals surface area (Å²) in [4.78, 5) is 0. The molecule has 0 fully saturated rings. The maximum Gasteiger partial charge on any atom is 1.00 e. The van der Waals surface area contributed by atoms with Gasteiger partial charge in [0, 0.05) is 20.4 Å². The SMILES string of the molecule is C.[BH4-].[Na+].[Pd]. The largest absolute Gasteiger partial charge is 1.00 e. The Kier molecular flexibility index (Phi) is 236. The third-order valence-corrected chi connectivity index (χ3v) is 0. The Morgan fingerprint density at radius 3 is 1.00 bits per heavy atom.